The number of aryl methyl sites for hydroxylation is 1. The van der Waals surface area contributed by atoms with E-state index in [1.165, 1.54) is 12.3 Å². The molecule has 0 saturated carbocycles. The first kappa shape index (κ1) is 12.5. The van der Waals surface area contributed by atoms with Gasteiger partial charge in [0.05, 0.1) is 10.2 Å². The molecule has 0 unspecified atom stereocenters. The van der Waals surface area contributed by atoms with Crippen LogP contribution in [0.2, 0.25) is 0 Å². The number of carbonyl (C=O) groups is 1. The van der Waals surface area contributed by atoms with E-state index >= 15 is 0 Å². The van der Waals surface area contributed by atoms with Crippen molar-refractivity contribution >= 4 is 27.5 Å². The standard InChI is InChI=1S/C12H10BrN3O2/c1-7-4-11(17)8(5-15-7)12(18)16-10-2-3-14-6-9(10)13/h2-6H,1H3,(H,15,17)(H,14,16,18). The molecule has 2 aromatic rings. The molecule has 6 heteroatoms. The predicted octanol–water partition coefficient (Wildman–Crippen LogP) is 2.09. The molecule has 18 heavy (non-hydrogen) atoms. The van der Waals surface area contributed by atoms with Crippen molar-refractivity contribution < 1.29 is 4.79 Å². The Kier molecular flexibility index (Phi) is 3.57. The SMILES string of the molecule is Cc1cc(=O)c(C(=O)Nc2ccncc2Br)c[nH]1. The summed E-state index contributed by atoms with van der Waals surface area (Å²) in [6.07, 6.45) is 4.52. The second kappa shape index (κ2) is 5.14. The molecule has 0 fully saturated rings. The second-order valence-electron chi connectivity index (χ2n) is 3.70. The van der Waals surface area contributed by atoms with Crippen LogP contribution in [0.1, 0.15) is 16.1 Å². The van der Waals surface area contributed by atoms with Crippen molar-refractivity contribution in [2.24, 2.45) is 0 Å². The van der Waals surface area contributed by atoms with Crippen LogP contribution in [0.4, 0.5) is 5.69 Å². The van der Waals surface area contributed by atoms with Gasteiger partial charge >= 0.3 is 0 Å². The zero-order valence-electron chi connectivity index (χ0n) is 9.53. The van der Waals surface area contributed by atoms with Gasteiger partial charge in [0.1, 0.15) is 5.56 Å². The van der Waals surface area contributed by atoms with E-state index in [1.807, 2.05) is 0 Å². The number of hydrogen-bond donors (Lipinski definition) is 2. The normalized spacial score (nSPS) is 10.1. The maximum atomic E-state index is 11.9. The number of amides is 1. The first-order valence-corrected chi connectivity index (χ1v) is 5.97. The van der Waals surface area contributed by atoms with Crippen LogP contribution in [0.5, 0.6) is 0 Å². The van der Waals surface area contributed by atoms with Gasteiger partial charge in [0.15, 0.2) is 5.43 Å². The minimum Gasteiger partial charge on any atom is -0.364 e. The molecular weight excluding hydrogens is 298 g/mol. The van der Waals surface area contributed by atoms with Gasteiger partial charge in [-0.1, -0.05) is 0 Å². The van der Waals surface area contributed by atoms with Gasteiger partial charge < -0.3 is 10.3 Å². The summed E-state index contributed by atoms with van der Waals surface area (Å²) in [5, 5.41) is 2.64. The smallest absolute Gasteiger partial charge is 0.261 e. The first-order chi connectivity index (χ1) is 8.58. The lowest BCUT2D eigenvalue weighted by Crippen LogP contribution is -2.21. The van der Waals surface area contributed by atoms with Crippen molar-refractivity contribution in [3.05, 3.63) is 56.7 Å². The largest absolute Gasteiger partial charge is 0.364 e. The predicted molar refractivity (Wildman–Crippen MR) is 71.7 cm³/mol. The molecule has 0 aliphatic carbocycles. The van der Waals surface area contributed by atoms with Crippen molar-refractivity contribution in [3.8, 4) is 0 Å². The van der Waals surface area contributed by atoms with E-state index in [4.69, 9.17) is 0 Å². The Labute approximate surface area is 111 Å². The van der Waals surface area contributed by atoms with Crippen LogP contribution in [0.25, 0.3) is 0 Å². The summed E-state index contributed by atoms with van der Waals surface area (Å²) in [5.41, 5.74) is 1.04. The second-order valence-corrected chi connectivity index (χ2v) is 4.56. The van der Waals surface area contributed by atoms with E-state index in [0.717, 1.165) is 0 Å². The number of nitrogens with one attached hydrogen (secondary N) is 2. The fourth-order valence-electron chi connectivity index (χ4n) is 1.42. The highest BCUT2D eigenvalue weighted by atomic mass is 79.9. The van der Waals surface area contributed by atoms with E-state index in [0.29, 0.717) is 15.9 Å². The number of aromatic amines is 1. The summed E-state index contributed by atoms with van der Waals surface area (Å²) in [4.78, 5) is 30.3. The van der Waals surface area contributed by atoms with Crippen LogP contribution in [-0.2, 0) is 0 Å². The number of hydrogen-bond acceptors (Lipinski definition) is 3. The number of pyridine rings is 2. The van der Waals surface area contributed by atoms with E-state index < -0.39 is 5.91 Å². The van der Waals surface area contributed by atoms with Crippen molar-refractivity contribution in [2.45, 2.75) is 6.92 Å². The van der Waals surface area contributed by atoms with Crippen molar-refractivity contribution in [2.75, 3.05) is 5.32 Å². The van der Waals surface area contributed by atoms with Gasteiger partial charge in [-0.3, -0.25) is 14.6 Å². The molecular formula is C12H10BrN3O2. The minimum absolute atomic E-state index is 0.0734. The van der Waals surface area contributed by atoms with Crippen LogP contribution in [0.15, 0.2) is 40.0 Å². The highest BCUT2D eigenvalue weighted by Gasteiger charge is 2.11. The third-order valence-electron chi connectivity index (χ3n) is 2.32. The average molecular weight is 308 g/mol. The lowest BCUT2D eigenvalue weighted by Gasteiger charge is -2.06. The maximum Gasteiger partial charge on any atom is 0.261 e. The average Bonchev–Trinajstić information content (AvgIpc) is 2.32. The number of H-pyrrole nitrogens is 1. The lowest BCUT2D eigenvalue weighted by molar-refractivity contribution is 0.102. The summed E-state index contributed by atoms with van der Waals surface area (Å²) in [5.74, 6) is -0.455. The van der Waals surface area contributed by atoms with Crippen LogP contribution < -0.4 is 10.7 Å². The summed E-state index contributed by atoms with van der Waals surface area (Å²) < 4.78 is 0.655. The van der Waals surface area contributed by atoms with E-state index in [9.17, 15) is 9.59 Å². The Bertz CT molecular complexity index is 652. The van der Waals surface area contributed by atoms with Crippen molar-refractivity contribution in [1.82, 2.24) is 9.97 Å². The molecule has 0 radical (unpaired) electrons. The van der Waals surface area contributed by atoms with Gasteiger partial charge in [-0.15, -0.1) is 0 Å². The topological polar surface area (TPSA) is 74.8 Å². The fraction of sp³-hybridized carbons (Fsp3) is 0.0833. The van der Waals surface area contributed by atoms with Gasteiger partial charge in [-0.2, -0.15) is 0 Å². The Balaban J connectivity index is 2.28. The van der Waals surface area contributed by atoms with Gasteiger partial charge in [-0.05, 0) is 28.9 Å². The minimum atomic E-state index is -0.455. The molecule has 5 nitrogen and oxygen atoms in total. The molecule has 1 amide bonds. The third kappa shape index (κ3) is 2.65. The summed E-state index contributed by atoms with van der Waals surface area (Å²) in [6.45, 7) is 1.75. The number of carbonyl (C=O) groups excluding carboxylic acids is 1. The van der Waals surface area contributed by atoms with Crippen LogP contribution in [0.3, 0.4) is 0 Å². The van der Waals surface area contributed by atoms with Crippen molar-refractivity contribution in [1.29, 1.82) is 0 Å². The van der Waals surface area contributed by atoms with Gasteiger partial charge in [0.2, 0.25) is 0 Å². The van der Waals surface area contributed by atoms with Crippen molar-refractivity contribution in [3.63, 3.8) is 0 Å². The molecule has 0 aliphatic rings. The Hall–Kier alpha value is -1.95. The lowest BCUT2D eigenvalue weighted by atomic mass is 10.2. The Morgan fingerprint density at radius 1 is 1.50 bits per heavy atom. The van der Waals surface area contributed by atoms with E-state index in [2.05, 4.69) is 31.2 Å². The molecule has 0 bridgehead atoms. The zero-order chi connectivity index (χ0) is 13.1. The quantitative estimate of drug-likeness (QED) is 0.892. The highest BCUT2D eigenvalue weighted by Crippen LogP contribution is 2.20. The zero-order valence-corrected chi connectivity index (χ0v) is 11.1. The van der Waals surface area contributed by atoms with Gasteiger partial charge in [0.25, 0.3) is 5.91 Å². The van der Waals surface area contributed by atoms with E-state index in [1.54, 1.807) is 25.4 Å². The number of aromatic nitrogens is 2. The van der Waals surface area contributed by atoms with Crippen LogP contribution >= 0.6 is 15.9 Å². The Morgan fingerprint density at radius 2 is 2.28 bits per heavy atom. The monoisotopic (exact) mass is 307 g/mol. The molecule has 0 aliphatic heterocycles. The summed E-state index contributed by atoms with van der Waals surface area (Å²) >= 11 is 3.26. The fourth-order valence-corrected chi connectivity index (χ4v) is 1.77. The first-order valence-electron chi connectivity index (χ1n) is 5.18. The maximum absolute atomic E-state index is 11.9. The van der Waals surface area contributed by atoms with Gasteiger partial charge in [-0.25, -0.2) is 0 Å². The molecule has 0 saturated heterocycles. The number of rotatable bonds is 2. The number of nitrogens with zero attached hydrogens (tertiary/aromatic N) is 1. The molecule has 0 aromatic carbocycles. The molecule has 2 rings (SSSR count). The molecule has 2 aromatic heterocycles. The van der Waals surface area contributed by atoms with E-state index in [-0.39, 0.29) is 11.0 Å². The summed E-state index contributed by atoms with van der Waals surface area (Å²) in [7, 11) is 0. The highest BCUT2D eigenvalue weighted by molar-refractivity contribution is 9.10. The van der Waals surface area contributed by atoms with Crippen LogP contribution in [-0.4, -0.2) is 15.9 Å². The molecule has 0 atom stereocenters. The van der Waals surface area contributed by atoms with Crippen LogP contribution in [0, 0.1) is 6.92 Å². The molecule has 2 heterocycles. The molecule has 0 spiro atoms. The summed E-state index contributed by atoms with van der Waals surface area (Å²) in [6, 6.07) is 3.03. The Morgan fingerprint density at radius 3 is 2.94 bits per heavy atom. The van der Waals surface area contributed by atoms with Gasteiger partial charge in [0, 0.05) is 30.4 Å². The number of halogens is 1. The molecule has 2 N–H and O–H groups in total. The third-order valence-corrected chi connectivity index (χ3v) is 2.95. The number of anilines is 1. The molecule has 92 valence electrons.